The fourth-order valence-electron chi connectivity index (χ4n) is 1.18. The van der Waals surface area contributed by atoms with Crippen LogP contribution >= 0.6 is 10.7 Å². The first-order chi connectivity index (χ1) is 7.27. The van der Waals surface area contributed by atoms with Crippen LogP contribution in [0.4, 0.5) is 5.69 Å². The zero-order valence-electron chi connectivity index (χ0n) is 7.97. The highest BCUT2D eigenvalue weighted by molar-refractivity contribution is 8.13. The van der Waals surface area contributed by atoms with Crippen molar-refractivity contribution in [2.45, 2.75) is 11.8 Å². The average molecular weight is 261 g/mol. The number of rotatable bonds is 2. The topological polar surface area (TPSA) is 101 Å². The zero-order valence-corrected chi connectivity index (χ0v) is 9.54. The molecule has 0 aliphatic carbocycles. The highest BCUT2D eigenvalue weighted by Crippen LogP contribution is 2.29. The first kappa shape index (κ1) is 12.4. The van der Waals surface area contributed by atoms with Gasteiger partial charge in [0.05, 0.1) is 4.92 Å². The SMILES string of the molecule is Cc1cc([N+](=O)[O-])c(C#N)c(S(=O)(=O)Cl)c1. The summed E-state index contributed by atoms with van der Waals surface area (Å²) in [5, 5.41) is 19.4. The van der Waals surface area contributed by atoms with Crippen molar-refractivity contribution in [1.29, 1.82) is 5.26 Å². The number of hydrogen-bond acceptors (Lipinski definition) is 5. The summed E-state index contributed by atoms with van der Waals surface area (Å²) in [6.45, 7) is 1.47. The van der Waals surface area contributed by atoms with Gasteiger partial charge < -0.3 is 0 Å². The molecule has 0 unspecified atom stereocenters. The van der Waals surface area contributed by atoms with Crippen LogP contribution in [0.3, 0.4) is 0 Å². The molecule has 0 heterocycles. The van der Waals surface area contributed by atoms with E-state index < -0.39 is 30.1 Å². The summed E-state index contributed by atoms with van der Waals surface area (Å²) in [6, 6.07) is 3.71. The summed E-state index contributed by atoms with van der Waals surface area (Å²) >= 11 is 0. The third-order valence-corrected chi connectivity index (χ3v) is 3.14. The predicted molar refractivity (Wildman–Crippen MR) is 55.6 cm³/mol. The third kappa shape index (κ3) is 2.29. The number of halogens is 1. The Morgan fingerprint density at radius 2 is 2.06 bits per heavy atom. The highest BCUT2D eigenvalue weighted by atomic mass is 35.7. The van der Waals surface area contributed by atoms with Gasteiger partial charge in [-0.2, -0.15) is 5.26 Å². The summed E-state index contributed by atoms with van der Waals surface area (Å²) in [7, 11) is 0.911. The molecule has 0 atom stereocenters. The predicted octanol–water partition coefficient (Wildman–Crippen LogP) is 1.70. The number of benzene rings is 1. The largest absolute Gasteiger partial charge is 0.288 e. The fourth-order valence-corrected chi connectivity index (χ4v) is 2.27. The Bertz CT molecular complexity index is 603. The molecule has 1 rings (SSSR count). The summed E-state index contributed by atoms with van der Waals surface area (Å²) in [4.78, 5) is 9.27. The van der Waals surface area contributed by atoms with Gasteiger partial charge in [-0.05, 0) is 18.6 Å². The molecular weight excluding hydrogens is 256 g/mol. The molecule has 0 amide bonds. The molecule has 6 nitrogen and oxygen atoms in total. The molecule has 0 spiro atoms. The van der Waals surface area contributed by atoms with Gasteiger partial charge in [-0.1, -0.05) is 0 Å². The van der Waals surface area contributed by atoms with Gasteiger partial charge in [-0.15, -0.1) is 0 Å². The quantitative estimate of drug-likeness (QED) is 0.457. The first-order valence-electron chi connectivity index (χ1n) is 3.91. The molecule has 0 aliphatic heterocycles. The smallest absolute Gasteiger partial charge is 0.258 e. The van der Waals surface area contributed by atoms with E-state index in [0.29, 0.717) is 5.56 Å². The molecule has 84 valence electrons. The minimum atomic E-state index is -4.18. The summed E-state index contributed by atoms with van der Waals surface area (Å²) in [5.41, 5.74) is -0.780. The molecule has 1 aromatic rings. The van der Waals surface area contributed by atoms with E-state index in [2.05, 4.69) is 0 Å². The van der Waals surface area contributed by atoms with Gasteiger partial charge in [0.2, 0.25) is 0 Å². The van der Waals surface area contributed by atoms with Crippen molar-refractivity contribution < 1.29 is 13.3 Å². The Morgan fingerprint density at radius 1 is 1.50 bits per heavy atom. The second kappa shape index (κ2) is 4.08. The van der Waals surface area contributed by atoms with Crippen LogP contribution in [0, 0.1) is 28.4 Å². The second-order valence-corrected chi connectivity index (χ2v) is 5.50. The first-order valence-corrected chi connectivity index (χ1v) is 6.22. The van der Waals surface area contributed by atoms with E-state index >= 15 is 0 Å². The zero-order chi connectivity index (χ0) is 12.5. The van der Waals surface area contributed by atoms with Crippen molar-refractivity contribution in [2.75, 3.05) is 0 Å². The van der Waals surface area contributed by atoms with Crippen LogP contribution in [0.2, 0.25) is 0 Å². The van der Waals surface area contributed by atoms with Crippen LogP contribution in [0.25, 0.3) is 0 Å². The molecular formula is C8H5ClN2O4S. The van der Waals surface area contributed by atoms with E-state index in [0.717, 1.165) is 12.1 Å². The molecule has 1 aromatic carbocycles. The minimum Gasteiger partial charge on any atom is -0.258 e. The van der Waals surface area contributed by atoms with E-state index in [1.165, 1.54) is 13.0 Å². The molecule has 0 radical (unpaired) electrons. The normalized spacial score (nSPS) is 10.8. The van der Waals surface area contributed by atoms with E-state index in [4.69, 9.17) is 15.9 Å². The Morgan fingerprint density at radius 3 is 2.44 bits per heavy atom. The van der Waals surface area contributed by atoms with E-state index in [9.17, 15) is 18.5 Å². The maximum absolute atomic E-state index is 11.1. The van der Waals surface area contributed by atoms with Gasteiger partial charge in [0, 0.05) is 16.7 Å². The van der Waals surface area contributed by atoms with Gasteiger partial charge in [-0.3, -0.25) is 10.1 Å². The third-order valence-electron chi connectivity index (χ3n) is 1.80. The van der Waals surface area contributed by atoms with Crippen LogP contribution in [-0.2, 0) is 9.05 Å². The monoisotopic (exact) mass is 260 g/mol. The second-order valence-electron chi connectivity index (χ2n) is 2.96. The fraction of sp³-hybridized carbons (Fsp3) is 0.125. The lowest BCUT2D eigenvalue weighted by Crippen LogP contribution is -2.01. The molecule has 0 saturated heterocycles. The minimum absolute atomic E-state index is 0.338. The van der Waals surface area contributed by atoms with Crippen molar-refractivity contribution in [3.63, 3.8) is 0 Å². The van der Waals surface area contributed by atoms with E-state index in [-0.39, 0.29) is 0 Å². The Kier molecular flexibility index (Phi) is 3.16. The summed E-state index contributed by atoms with van der Waals surface area (Å²) in [6.07, 6.45) is 0. The lowest BCUT2D eigenvalue weighted by molar-refractivity contribution is -0.385. The van der Waals surface area contributed by atoms with Gasteiger partial charge in [0.15, 0.2) is 0 Å². The Labute approximate surface area is 95.6 Å². The van der Waals surface area contributed by atoms with Crippen molar-refractivity contribution in [2.24, 2.45) is 0 Å². The summed E-state index contributed by atoms with van der Waals surface area (Å²) < 4.78 is 22.3. The number of nitro benzene ring substituents is 1. The lowest BCUT2D eigenvalue weighted by Gasteiger charge is -2.02. The van der Waals surface area contributed by atoms with Crippen molar-refractivity contribution in [1.82, 2.24) is 0 Å². The maximum atomic E-state index is 11.1. The van der Waals surface area contributed by atoms with Crippen molar-refractivity contribution >= 4 is 25.4 Å². The van der Waals surface area contributed by atoms with Gasteiger partial charge in [0.1, 0.15) is 16.5 Å². The maximum Gasteiger partial charge on any atom is 0.288 e. The van der Waals surface area contributed by atoms with Crippen LogP contribution < -0.4 is 0 Å². The summed E-state index contributed by atoms with van der Waals surface area (Å²) in [5.74, 6) is 0. The molecule has 0 N–H and O–H groups in total. The molecule has 0 bridgehead atoms. The molecule has 0 saturated carbocycles. The number of nitro groups is 1. The van der Waals surface area contributed by atoms with Gasteiger partial charge in [-0.25, -0.2) is 8.42 Å². The van der Waals surface area contributed by atoms with Crippen molar-refractivity contribution in [3.05, 3.63) is 33.4 Å². The number of hydrogen-bond donors (Lipinski definition) is 0. The average Bonchev–Trinajstić information content (AvgIpc) is 2.14. The van der Waals surface area contributed by atoms with E-state index in [1.807, 2.05) is 0 Å². The van der Waals surface area contributed by atoms with Crippen LogP contribution in [0.15, 0.2) is 17.0 Å². The highest BCUT2D eigenvalue weighted by Gasteiger charge is 2.25. The van der Waals surface area contributed by atoms with Crippen LogP contribution in [0.5, 0.6) is 0 Å². The molecule has 8 heteroatoms. The number of nitrogens with zero attached hydrogens (tertiary/aromatic N) is 2. The van der Waals surface area contributed by atoms with Gasteiger partial charge >= 0.3 is 0 Å². The molecule has 0 aliphatic rings. The molecule has 16 heavy (non-hydrogen) atoms. The van der Waals surface area contributed by atoms with Gasteiger partial charge in [0.25, 0.3) is 14.7 Å². The molecule has 0 aromatic heterocycles. The standard InChI is InChI=1S/C8H5ClN2O4S/c1-5-2-7(11(12)13)6(4-10)8(3-5)16(9,14)15/h2-3H,1H3. The Balaban J connectivity index is 3.78. The Hall–Kier alpha value is -1.65. The number of nitriles is 1. The van der Waals surface area contributed by atoms with Crippen LogP contribution in [-0.4, -0.2) is 13.3 Å². The van der Waals surface area contributed by atoms with Crippen LogP contribution in [0.1, 0.15) is 11.1 Å². The molecule has 0 fully saturated rings. The number of aryl methyl sites for hydroxylation is 1. The lowest BCUT2D eigenvalue weighted by atomic mass is 10.1. The van der Waals surface area contributed by atoms with Crippen molar-refractivity contribution in [3.8, 4) is 6.07 Å². The van der Waals surface area contributed by atoms with E-state index in [1.54, 1.807) is 0 Å².